The van der Waals surface area contributed by atoms with Gasteiger partial charge in [0.2, 0.25) is 11.7 Å². The Balaban J connectivity index is 2.68. The van der Waals surface area contributed by atoms with E-state index in [9.17, 15) is 0 Å². The van der Waals surface area contributed by atoms with Gasteiger partial charge in [0.15, 0.2) is 0 Å². The van der Waals surface area contributed by atoms with E-state index in [1.54, 1.807) is 5.32 Å². The van der Waals surface area contributed by atoms with Gasteiger partial charge in [-0.3, -0.25) is 0 Å². The Bertz CT molecular complexity index is 379. The molecule has 12 heavy (non-hydrogen) atoms. The van der Waals surface area contributed by atoms with Gasteiger partial charge in [-0.1, -0.05) is 11.6 Å². The average molecular weight is 160 g/mol. The van der Waals surface area contributed by atoms with Crippen molar-refractivity contribution in [2.45, 2.75) is 6.92 Å². The molecule has 0 aliphatic carbocycles. The first-order chi connectivity index (χ1) is 5.68. The molecule has 0 spiro atoms. The first-order valence-electron chi connectivity index (χ1n) is 3.82. The van der Waals surface area contributed by atoms with Gasteiger partial charge in [-0.05, 0) is 19.1 Å². The lowest BCUT2D eigenvalue weighted by Gasteiger charge is -1.93. The van der Waals surface area contributed by atoms with Crippen LogP contribution in [0.4, 0.5) is 0 Å². The molecule has 0 saturated carbocycles. The van der Waals surface area contributed by atoms with Crippen LogP contribution in [0.3, 0.4) is 0 Å². The summed E-state index contributed by atoms with van der Waals surface area (Å²) in [6.45, 7) is 2.00. The molecule has 3 heteroatoms. The van der Waals surface area contributed by atoms with Crippen molar-refractivity contribution < 1.29 is 5.32 Å². The van der Waals surface area contributed by atoms with E-state index in [4.69, 9.17) is 10.8 Å². The van der Waals surface area contributed by atoms with Gasteiger partial charge in [-0.15, -0.1) is 0 Å². The lowest BCUT2D eigenvalue weighted by Crippen LogP contribution is -2.88. The van der Waals surface area contributed by atoms with Crippen molar-refractivity contribution in [3.63, 3.8) is 0 Å². The third kappa shape index (κ3) is 0.871. The summed E-state index contributed by atoms with van der Waals surface area (Å²) in [4.78, 5) is 0. The van der Waals surface area contributed by atoms with Gasteiger partial charge in [0.1, 0.15) is 0 Å². The zero-order chi connectivity index (χ0) is 8.72. The van der Waals surface area contributed by atoms with Crippen molar-refractivity contribution in [2.75, 3.05) is 0 Å². The third-order valence-electron chi connectivity index (χ3n) is 2.04. The van der Waals surface area contributed by atoms with Crippen LogP contribution in [0.5, 0.6) is 0 Å². The Morgan fingerprint density at radius 1 is 1.08 bits per heavy atom. The molecular weight excluding hydrogens is 150 g/mol. The summed E-state index contributed by atoms with van der Waals surface area (Å²) in [5, 5.41) is 16.7. The molecular formula is C9H10N3+. The normalized spacial score (nSPS) is 15.1. The average Bonchev–Trinajstić information content (AvgIpc) is 2.28. The summed E-state index contributed by atoms with van der Waals surface area (Å²) in [5.41, 5.74) is 2.91. The summed E-state index contributed by atoms with van der Waals surface area (Å²) >= 11 is 0. The lowest BCUT2D eigenvalue weighted by molar-refractivity contribution is -0.403. The van der Waals surface area contributed by atoms with Crippen molar-refractivity contribution in [1.82, 2.24) is 0 Å². The Labute approximate surface area is 70.4 Å². The van der Waals surface area contributed by atoms with E-state index in [1.165, 1.54) is 0 Å². The number of hydrogen-bond acceptors (Lipinski definition) is 2. The van der Waals surface area contributed by atoms with E-state index in [1.807, 2.05) is 25.1 Å². The molecule has 1 aromatic rings. The number of benzene rings is 1. The highest BCUT2D eigenvalue weighted by atomic mass is 15.0. The molecule has 0 radical (unpaired) electrons. The number of nitrogens with one attached hydrogen (secondary N) is 2. The molecule has 0 aromatic heterocycles. The fraction of sp³-hybridized carbons (Fsp3) is 0.111. The van der Waals surface area contributed by atoms with Crippen molar-refractivity contribution in [3.8, 4) is 0 Å². The molecule has 1 aromatic carbocycles. The van der Waals surface area contributed by atoms with Crippen molar-refractivity contribution >= 4 is 11.7 Å². The number of nitrogens with two attached hydrogens (primary N) is 1. The minimum atomic E-state index is 0.454. The maximum Gasteiger partial charge on any atom is 0.231 e. The van der Waals surface area contributed by atoms with Crippen LogP contribution < -0.4 is 5.32 Å². The summed E-state index contributed by atoms with van der Waals surface area (Å²) < 4.78 is 0. The molecule has 0 amide bonds. The first-order valence-corrected chi connectivity index (χ1v) is 3.82. The Hall–Kier alpha value is -1.48. The summed E-state index contributed by atoms with van der Waals surface area (Å²) in [6, 6.07) is 5.83. The van der Waals surface area contributed by atoms with Crippen molar-refractivity contribution in [2.24, 2.45) is 0 Å². The Morgan fingerprint density at radius 2 is 1.75 bits per heavy atom. The van der Waals surface area contributed by atoms with E-state index in [2.05, 4.69) is 0 Å². The van der Waals surface area contributed by atoms with Gasteiger partial charge in [0, 0.05) is 0 Å². The van der Waals surface area contributed by atoms with Crippen molar-refractivity contribution in [3.05, 3.63) is 34.9 Å². The second kappa shape index (κ2) is 2.25. The van der Waals surface area contributed by atoms with Gasteiger partial charge in [-0.2, -0.15) is 0 Å². The molecule has 2 rings (SSSR count). The van der Waals surface area contributed by atoms with Gasteiger partial charge in [0.25, 0.3) is 0 Å². The molecule has 0 bridgehead atoms. The molecule has 60 valence electrons. The van der Waals surface area contributed by atoms with Crippen LogP contribution in [0.1, 0.15) is 16.7 Å². The summed E-state index contributed by atoms with van der Waals surface area (Å²) in [7, 11) is 0. The molecule has 0 unspecified atom stereocenters. The van der Waals surface area contributed by atoms with Crippen molar-refractivity contribution in [1.29, 1.82) is 10.8 Å². The predicted molar refractivity (Wildman–Crippen MR) is 46.8 cm³/mol. The SMILES string of the molecule is Cc1ccc2c(c1)C(=N)[NH2+]C2=N. The second-order valence-corrected chi connectivity index (χ2v) is 3.02. The molecule has 3 nitrogen and oxygen atoms in total. The van der Waals surface area contributed by atoms with Crippen LogP contribution in [-0.4, -0.2) is 11.7 Å². The molecule has 1 heterocycles. The van der Waals surface area contributed by atoms with Crippen LogP contribution in [0.2, 0.25) is 0 Å². The Kier molecular flexibility index (Phi) is 1.35. The summed E-state index contributed by atoms with van der Waals surface area (Å²) in [6.07, 6.45) is 0. The molecule has 0 fully saturated rings. The number of aryl methyl sites for hydroxylation is 1. The monoisotopic (exact) mass is 160 g/mol. The van der Waals surface area contributed by atoms with E-state index in [-0.39, 0.29) is 0 Å². The smallest absolute Gasteiger partial charge is 0.231 e. The molecule has 1 aliphatic heterocycles. The van der Waals surface area contributed by atoms with Gasteiger partial charge in [-0.25, -0.2) is 16.1 Å². The largest absolute Gasteiger partial charge is 0.250 e. The highest BCUT2D eigenvalue weighted by Gasteiger charge is 2.25. The molecule has 0 atom stereocenters. The Morgan fingerprint density at radius 3 is 2.50 bits per heavy atom. The van der Waals surface area contributed by atoms with Crippen LogP contribution in [0, 0.1) is 17.7 Å². The van der Waals surface area contributed by atoms with E-state index < -0.39 is 0 Å². The molecule has 4 N–H and O–H groups in total. The zero-order valence-corrected chi connectivity index (χ0v) is 6.81. The number of nitrogen functional groups attached to an aromatic ring is 2. The minimum Gasteiger partial charge on any atom is -0.250 e. The van der Waals surface area contributed by atoms with Crippen LogP contribution >= 0.6 is 0 Å². The summed E-state index contributed by atoms with van der Waals surface area (Å²) in [5.74, 6) is 0.911. The van der Waals surface area contributed by atoms with Gasteiger partial charge in [0.05, 0.1) is 11.1 Å². The zero-order valence-electron chi connectivity index (χ0n) is 6.81. The number of hydrogen-bond donors (Lipinski definition) is 3. The van der Waals surface area contributed by atoms with Gasteiger partial charge >= 0.3 is 0 Å². The quantitative estimate of drug-likeness (QED) is 0.486. The molecule has 0 saturated heterocycles. The van der Waals surface area contributed by atoms with E-state index in [0.717, 1.165) is 16.7 Å². The lowest BCUT2D eigenvalue weighted by atomic mass is 10.1. The third-order valence-corrected chi connectivity index (χ3v) is 2.04. The number of amidine groups is 2. The molecule has 1 aliphatic rings. The van der Waals surface area contributed by atoms with Crippen LogP contribution in [0.15, 0.2) is 18.2 Å². The minimum absolute atomic E-state index is 0.454. The number of fused-ring (bicyclic) bond motifs is 1. The standard InChI is InChI=1S/C9H9N3/c1-5-2-3-6-7(4-5)9(11)12-8(6)10/h2-4H,1H3,(H3,10,11,12)/p+1. The number of quaternary nitrogens is 1. The van der Waals surface area contributed by atoms with E-state index >= 15 is 0 Å². The highest BCUT2D eigenvalue weighted by molar-refractivity contribution is 6.12. The topological polar surface area (TPSA) is 64.3 Å². The number of rotatable bonds is 0. The fourth-order valence-electron chi connectivity index (χ4n) is 1.42. The van der Waals surface area contributed by atoms with E-state index in [0.29, 0.717) is 11.7 Å². The van der Waals surface area contributed by atoms with Gasteiger partial charge < -0.3 is 0 Å². The van der Waals surface area contributed by atoms with Crippen LogP contribution in [-0.2, 0) is 0 Å². The first kappa shape index (κ1) is 7.18. The predicted octanol–water partition coefficient (Wildman–Crippen LogP) is 0.223. The maximum absolute atomic E-state index is 7.56. The van der Waals surface area contributed by atoms with Crippen LogP contribution in [0.25, 0.3) is 0 Å². The fourth-order valence-corrected chi connectivity index (χ4v) is 1.42. The maximum atomic E-state index is 7.56. The second-order valence-electron chi connectivity index (χ2n) is 3.02. The highest BCUT2D eigenvalue weighted by Crippen LogP contribution is 2.12.